The van der Waals surface area contributed by atoms with Gasteiger partial charge < -0.3 is 4.74 Å². The number of Topliss-reactive ketones (excluding diaryl/α,β-unsaturated/α-hetero) is 1. The zero-order valence-corrected chi connectivity index (χ0v) is 10.4. The minimum Gasteiger partial charge on any atom is -0.365 e. The molecule has 0 spiro atoms. The Balaban J connectivity index is 2.62. The number of alkyl halides is 1. The number of hydrazine groups is 1. The summed E-state index contributed by atoms with van der Waals surface area (Å²) < 4.78 is 5.11. The molecular weight excluding hydrogens is 216 g/mol. The first-order chi connectivity index (χ1) is 6.86. The molecule has 0 amide bonds. The predicted molar refractivity (Wildman–Crippen MR) is 59.6 cm³/mol. The fourth-order valence-corrected chi connectivity index (χ4v) is 1.86. The summed E-state index contributed by atoms with van der Waals surface area (Å²) in [5.74, 6) is 0.115. The summed E-state index contributed by atoms with van der Waals surface area (Å²) in [6.07, 6.45) is 0.494. The van der Waals surface area contributed by atoms with Crippen LogP contribution in [-0.4, -0.2) is 30.5 Å². The normalized spacial score (nSPS) is 32.7. The summed E-state index contributed by atoms with van der Waals surface area (Å²) >= 11 is 6.15. The van der Waals surface area contributed by atoms with Crippen LogP contribution in [0.3, 0.4) is 0 Å². The summed E-state index contributed by atoms with van der Waals surface area (Å²) in [5, 5.41) is -0.233. The molecule has 1 aliphatic heterocycles. The Morgan fingerprint density at radius 3 is 2.40 bits per heavy atom. The van der Waals surface area contributed by atoms with Crippen molar-refractivity contribution in [2.75, 3.05) is 7.11 Å². The molecule has 5 heteroatoms. The molecule has 1 saturated heterocycles. The van der Waals surface area contributed by atoms with Crippen molar-refractivity contribution in [2.24, 2.45) is 5.41 Å². The van der Waals surface area contributed by atoms with Gasteiger partial charge in [0, 0.05) is 18.9 Å². The molecule has 1 rings (SSSR count). The van der Waals surface area contributed by atoms with Gasteiger partial charge in [-0.05, 0) is 0 Å². The number of nitrogens with one attached hydrogen (secondary N) is 2. The summed E-state index contributed by atoms with van der Waals surface area (Å²) in [6, 6.07) is -0.349. The summed E-state index contributed by atoms with van der Waals surface area (Å²) in [4.78, 5) is 12.0. The average Bonchev–Trinajstić information content (AvgIpc) is 2.15. The highest BCUT2D eigenvalue weighted by Crippen LogP contribution is 2.23. The molecule has 3 atom stereocenters. The topological polar surface area (TPSA) is 50.4 Å². The van der Waals surface area contributed by atoms with Crippen LogP contribution in [0, 0.1) is 5.41 Å². The van der Waals surface area contributed by atoms with Crippen LogP contribution >= 0.6 is 11.6 Å². The predicted octanol–water partition coefficient (Wildman–Crippen LogP) is 1.05. The van der Waals surface area contributed by atoms with Crippen molar-refractivity contribution in [3.63, 3.8) is 0 Å². The summed E-state index contributed by atoms with van der Waals surface area (Å²) in [7, 11) is 1.61. The monoisotopic (exact) mass is 234 g/mol. The second-order valence-electron chi connectivity index (χ2n) is 4.86. The van der Waals surface area contributed by atoms with Gasteiger partial charge in [0.1, 0.15) is 6.23 Å². The maximum Gasteiger partial charge on any atom is 0.157 e. The number of ether oxygens (including phenoxy) is 1. The van der Waals surface area contributed by atoms with Crippen LogP contribution in [0.25, 0.3) is 0 Å². The fraction of sp³-hybridized carbons (Fsp3) is 0.900. The third-order valence-electron chi connectivity index (χ3n) is 2.51. The Bertz CT molecular complexity index is 240. The van der Waals surface area contributed by atoms with Crippen LogP contribution in [0.5, 0.6) is 0 Å². The van der Waals surface area contributed by atoms with Gasteiger partial charge >= 0.3 is 0 Å². The molecule has 88 valence electrons. The van der Waals surface area contributed by atoms with Crippen molar-refractivity contribution in [3.8, 4) is 0 Å². The fourth-order valence-electron chi connectivity index (χ4n) is 1.52. The van der Waals surface area contributed by atoms with Crippen molar-refractivity contribution < 1.29 is 9.53 Å². The molecule has 0 bridgehead atoms. The number of carbonyl (C=O) groups is 1. The third-order valence-corrected chi connectivity index (χ3v) is 2.94. The van der Waals surface area contributed by atoms with Crippen molar-refractivity contribution >= 4 is 17.4 Å². The molecule has 2 N–H and O–H groups in total. The maximum absolute atomic E-state index is 12.0. The van der Waals surface area contributed by atoms with E-state index in [1.807, 2.05) is 20.8 Å². The number of carbonyl (C=O) groups excluding carboxylic acids is 1. The Morgan fingerprint density at radius 1 is 1.40 bits per heavy atom. The SMILES string of the molecule is COC1CC(Cl)C(C(=O)C(C)(C)C)NN1. The lowest BCUT2D eigenvalue weighted by Gasteiger charge is -2.35. The molecule has 15 heavy (non-hydrogen) atoms. The van der Waals surface area contributed by atoms with Gasteiger partial charge in [0.05, 0.1) is 11.4 Å². The largest absolute Gasteiger partial charge is 0.365 e. The average molecular weight is 235 g/mol. The zero-order chi connectivity index (χ0) is 11.6. The van der Waals surface area contributed by atoms with Crippen molar-refractivity contribution in [1.82, 2.24) is 10.9 Å². The first-order valence-corrected chi connectivity index (χ1v) is 5.52. The van der Waals surface area contributed by atoms with Gasteiger partial charge in [0.2, 0.25) is 0 Å². The Hall–Kier alpha value is -0.160. The van der Waals surface area contributed by atoms with Gasteiger partial charge in [-0.3, -0.25) is 4.79 Å². The van der Waals surface area contributed by atoms with Crippen LogP contribution in [0.1, 0.15) is 27.2 Å². The van der Waals surface area contributed by atoms with Gasteiger partial charge in [-0.2, -0.15) is 0 Å². The van der Waals surface area contributed by atoms with Crippen molar-refractivity contribution in [2.45, 2.75) is 44.8 Å². The first-order valence-electron chi connectivity index (χ1n) is 5.08. The molecule has 3 unspecified atom stereocenters. The molecule has 1 aliphatic rings. The summed E-state index contributed by atoms with van der Waals surface area (Å²) in [5.41, 5.74) is 5.46. The lowest BCUT2D eigenvalue weighted by molar-refractivity contribution is -0.130. The lowest BCUT2D eigenvalue weighted by Crippen LogP contribution is -2.62. The number of halogens is 1. The van der Waals surface area contributed by atoms with Gasteiger partial charge in [-0.1, -0.05) is 20.8 Å². The quantitative estimate of drug-likeness (QED) is 0.702. The highest BCUT2D eigenvalue weighted by molar-refractivity contribution is 6.23. The number of rotatable bonds is 2. The van der Waals surface area contributed by atoms with E-state index < -0.39 is 0 Å². The molecule has 0 radical (unpaired) electrons. The number of methoxy groups -OCH3 is 1. The van der Waals surface area contributed by atoms with E-state index in [9.17, 15) is 4.79 Å². The van der Waals surface area contributed by atoms with Crippen LogP contribution in [0.2, 0.25) is 0 Å². The molecule has 0 saturated carbocycles. The molecule has 0 aromatic rings. The van der Waals surface area contributed by atoms with Gasteiger partial charge in [0.25, 0.3) is 0 Å². The zero-order valence-electron chi connectivity index (χ0n) is 9.63. The van der Waals surface area contributed by atoms with E-state index in [0.29, 0.717) is 6.42 Å². The van der Waals surface area contributed by atoms with Crippen LogP contribution < -0.4 is 10.9 Å². The minimum absolute atomic E-state index is 0.115. The summed E-state index contributed by atoms with van der Waals surface area (Å²) in [6.45, 7) is 5.68. The smallest absolute Gasteiger partial charge is 0.157 e. The Labute approximate surface area is 95.7 Å². The standard InChI is InChI=1S/C10H19ClN2O2/c1-10(2,3)9(14)8-6(11)5-7(15-4)12-13-8/h6-8,12-13H,5H2,1-4H3. The highest BCUT2D eigenvalue weighted by atomic mass is 35.5. The van der Waals surface area contributed by atoms with E-state index in [1.54, 1.807) is 7.11 Å². The molecule has 1 fully saturated rings. The van der Waals surface area contributed by atoms with Crippen LogP contribution in [-0.2, 0) is 9.53 Å². The Morgan fingerprint density at radius 2 is 2.00 bits per heavy atom. The Kier molecular flexibility index (Phi) is 4.12. The molecule has 1 heterocycles. The maximum atomic E-state index is 12.0. The van der Waals surface area contributed by atoms with E-state index in [4.69, 9.17) is 16.3 Å². The number of hydrogen-bond donors (Lipinski definition) is 2. The molecule has 0 aliphatic carbocycles. The minimum atomic E-state index is -0.383. The van der Waals surface area contributed by atoms with Gasteiger partial charge in [-0.15, -0.1) is 11.6 Å². The molecular formula is C10H19ClN2O2. The molecule has 0 aromatic carbocycles. The van der Waals surface area contributed by atoms with Gasteiger partial charge in [0.15, 0.2) is 5.78 Å². The van der Waals surface area contributed by atoms with Crippen LogP contribution in [0.15, 0.2) is 0 Å². The van der Waals surface area contributed by atoms with Crippen molar-refractivity contribution in [1.29, 1.82) is 0 Å². The first kappa shape index (κ1) is 12.9. The number of hydrogen-bond acceptors (Lipinski definition) is 4. The second-order valence-corrected chi connectivity index (χ2v) is 5.42. The molecule has 0 aromatic heterocycles. The lowest BCUT2D eigenvalue weighted by atomic mass is 9.84. The van der Waals surface area contributed by atoms with E-state index in [-0.39, 0.29) is 28.8 Å². The third kappa shape index (κ3) is 3.14. The highest BCUT2D eigenvalue weighted by Gasteiger charge is 2.38. The second kappa shape index (κ2) is 4.78. The van der Waals surface area contributed by atoms with E-state index >= 15 is 0 Å². The van der Waals surface area contributed by atoms with E-state index in [0.717, 1.165) is 0 Å². The van der Waals surface area contributed by atoms with Crippen LogP contribution in [0.4, 0.5) is 0 Å². The van der Waals surface area contributed by atoms with Gasteiger partial charge in [-0.25, -0.2) is 10.9 Å². The van der Waals surface area contributed by atoms with Crippen molar-refractivity contribution in [3.05, 3.63) is 0 Å². The van der Waals surface area contributed by atoms with E-state index in [2.05, 4.69) is 10.9 Å². The molecule has 4 nitrogen and oxygen atoms in total. The number of ketones is 1. The van der Waals surface area contributed by atoms with E-state index in [1.165, 1.54) is 0 Å².